The predicted octanol–water partition coefficient (Wildman–Crippen LogP) is 9.03. The highest BCUT2D eigenvalue weighted by Gasteiger charge is 2.28. The molecule has 0 unspecified atom stereocenters. The summed E-state index contributed by atoms with van der Waals surface area (Å²) in [6, 6.07) is 18.9. The van der Waals surface area contributed by atoms with Crippen LogP contribution in [-0.4, -0.2) is 0 Å². The Morgan fingerprint density at radius 1 is 0.500 bits per heavy atom. The van der Waals surface area contributed by atoms with Crippen LogP contribution in [0, 0.1) is 13.8 Å². The summed E-state index contributed by atoms with van der Waals surface area (Å²) >= 11 is 7.75. The normalized spacial score (nSPS) is 13.4. The molecule has 0 saturated carbocycles. The minimum atomic E-state index is 1.08. The van der Waals surface area contributed by atoms with Gasteiger partial charge in [0, 0.05) is 39.0 Å². The second kappa shape index (κ2) is 6.27. The van der Waals surface area contributed by atoms with E-state index >= 15 is 0 Å². The molecule has 2 aliphatic rings. The molecule has 0 fully saturated rings. The Hall–Kier alpha value is -1.98. The van der Waals surface area contributed by atoms with Gasteiger partial charge < -0.3 is 0 Å². The Morgan fingerprint density at radius 3 is 1.80 bits per heavy atom. The van der Waals surface area contributed by atoms with Gasteiger partial charge >= 0.3 is 0 Å². The van der Waals surface area contributed by atoms with Crippen molar-refractivity contribution in [2.24, 2.45) is 0 Å². The van der Waals surface area contributed by atoms with Crippen LogP contribution in [-0.2, 0) is 12.8 Å². The van der Waals surface area contributed by atoms with Crippen molar-refractivity contribution in [1.82, 2.24) is 0 Å². The first-order valence-corrected chi connectivity index (χ1v) is 13.4. The third-order valence-corrected chi connectivity index (χ3v) is 11.0. The minimum Gasteiger partial charge on any atom is -0.140 e. The van der Waals surface area contributed by atoms with Gasteiger partial charge in [-0.15, -0.1) is 45.3 Å². The zero-order chi connectivity index (χ0) is 20.0. The number of benzene rings is 1. The fourth-order valence-electron chi connectivity index (χ4n) is 4.82. The van der Waals surface area contributed by atoms with Crippen molar-refractivity contribution in [2.75, 3.05) is 0 Å². The second-order valence-electron chi connectivity index (χ2n) is 8.27. The van der Waals surface area contributed by atoms with Crippen molar-refractivity contribution in [2.45, 2.75) is 26.7 Å². The zero-order valence-corrected chi connectivity index (χ0v) is 19.9. The number of rotatable bonds is 2. The van der Waals surface area contributed by atoms with Crippen LogP contribution in [0.5, 0.6) is 0 Å². The van der Waals surface area contributed by atoms with E-state index in [0.29, 0.717) is 0 Å². The van der Waals surface area contributed by atoms with E-state index in [-0.39, 0.29) is 0 Å². The van der Waals surface area contributed by atoms with Crippen molar-refractivity contribution in [3.8, 4) is 40.4 Å². The van der Waals surface area contributed by atoms with Crippen LogP contribution in [0.1, 0.15) is 32.0 Å². The molecule has 0 aliphatic heterocycles. The zero-order valence-electron chi connectivity index (χ0n) is 16.7. The van der Waals surface area contributed by atoms with Gasteiger partial charge in [-0.1, -0.05) is 0 Å². The molecule has 0 amide bonds. The molecule has 4 aromatic heterocycles. The number of hydrogen-bond donors (Lipinski definition) is 0. The number of fused-ring (bicyclic) bond motifs is 6. The van der Waals surface area contributed by atoms with E-state index in [1.807, 2.05) is 45.3 Å². The van der Waals surface area contributed by atoms with Gasteiger partial charge in [0.15, 0.2) is 0 Å². The Balaban J connectivity index is 1.27. The average Bonchev–Trinajstić information content (AvgIpc) is 3.50. The second-order valence-corrected chi connectivity index (χ2v) is 13.0. The quantitative estimate of drug-likeness (QED) is 0.242. The lowest BCUT2D eigenvalue weighted by Gasteiger charge is -2.06. The van der Waals surface area contributed by atoms with Crippen molar-refractivity contribution < 1.29 is 0 Å². The SMILES string of the molecule is Cc1ccc(-c2ccc(-c3cc4c(s3)-c3cc5c(cc3C4)-c3sc(C)cc3C5)s2)s1. The van der Waals surface area contributed by atoms with Gasteiger partial charge in [-0.3, -0.25) is 0 Å². The maximum atomic E-state index is 2.49. The molecule has 0 saturated heterocycles. The topological polar surface area (TPSA) is 0 Å². The lowest BCUT2D eigenvalue weighted by Crippen LogP contribution is -1.86. The molecule has 146 valence electrons. The van der Waals surface area contributed by atoms with E-state index < -0.39 is 0 Å². The molecule has 0 N–H and O–H groups in total. The van der Waals surface area contributed by atoms with Gasteiger partial charge in [-0.05, 0) is 109 Å². The highest BCUT2D eigenvalue weighted by Crippen LogP contribution is 2.51. The van der Waals surface area contributed by atoms with E-state index in [1.165, 1.54) is 72.4 Å². The van der Waals surface area contributed by atoms with Crippen LogP contribution in [0.4, 0.5) is 0 Å². The van der Waals surface area contributed by atoms with Crippen molar-refractivity contribution >= 4 is 45.3 Å². The Kier molecular flexibility index (Phi) is 3.69. The maximum Gasteiger partial charge on any atom is 0.0452 e. The smallest absolute Gasteiger partial charge is 0.0452 e. The minimum absolute atomic E-state index is 1.08. The molecule has 0 atom stereocenters. The molecule has 0 radical (unpaired) electrons. The van der Waals surface area contributed by atoms with Crippen LogP contribution in [0.25, 0.3) is 40.4 Å². The highest BCUT2D eigenvalue weighted by atomic mass is 32.1. The lowest BCUT2D eigenvalue weighted by molar-refractivity contribution is 1.24. The monoisotopic (exact) mass is 458 g/mol. The molecule has 2 aliphatic carbocycles. The summed E-state index contributed by atoms with van der Waals surface area (Å²) in [6.07, 6.45) is 2.18. The van der Waals surface area contributed by atoms with Crippen molar-refractivity contribution in [3.05, 3.63) is 80.5 Å². The number of hydrogen-bond acceptors (Lipinski definition) is 4. The largest absolute Gasteiger partial charge is 0.140 e. The number of aryl methyl sites for hydroxylation is 2. The molecule has 30 heavy (non-hydrogen) atoms. The van der Waals surface area contributed by atoms with Gasteiger partial charge in [0.2, 0.25) is 0 Å². The highest BCUT2D eigenvalue weighted by molar-refractivity contribution is 7.27. The van der Waals surface area contributed by atoms with Gasteiger partial charge in [0.25, 0.3) is 0 Å². The fraction of sp³-hybridized carbons (Fsp3) is 0.154. The molecule has 4 heterocycles. The van der Waals surface area contributed by atoms with E-state index in [1.54, 1.807) is 0 Å². The summed E-state index contributed by atoms with van der Waals surface area (Å²) in [7, 11) is 0. The standard InChI is InChI=1S/C26H18S4/c1-13-3-4-21(27-13)22-5-6-23(29-22)24-12-18-9-16-10-19-15(11-20(16)26(18)30-24)8-17-7-14(2)28-25(17)19/h3-7,10-12H,8-9H2,1-2H3. The van der Waals surface area contributed by atoms with Crippen LogP contribution in [0.15, 0.2) is 48.5 Å². The molecule has 1 aromatic carbocycles. The fourth-order valence-corrected chi connectivity index (χ4v) is 9.18. The Morgan fingerprint density at radius 2 is 1.10 bits per heavy atom. The first kappa shape index (κ1) is 17.7. The summed E-state index contributed by atoms with van der Waals surface area (Å²) < 4.78 is 0. The molecular weight excluding hydrogens is 441 g/mol. The van der Waals surface area contributed by atoms with Crippen LogP contribution in [0.3, 0.4) is 0 Å². The summed E-state index contributed by atoms with van der Waals surface area (Å²) in [5.74, 6) is 0. The third kappa shape index (κ3) is 2.54. The molecular formula is C26H18S4. The number of thiophene rings is 4. The van der Waals surface area contributed by atoms with Crippen LogP contribution < -0.4 is 0 Å². The first-order chi connectivity index (χ1) is 14.6. The molecule has 0 nitrogen and oxygen atoms in total. The predicted molar refractivity (Wildman–Crippen MR) is 135 cm³/mol. The van der Waals surface area contributed by atoms with Crippen molar-refractivity contribution in [1.29, 1.82) is 0 Å². The Bertz CT molecular complexity index is 1470. The van der Waals surface area contributed by atoms with Gasteiger partial charge in [-0.25, -0.2) is 0 Å². The maximum absolute atomic E-state index is 2.49. The van der Waals surface area contributed by atoms with E-state index in [0.717, 1.165) is 12.8 Å². The molecule has 4 heteroatoms. The van der Waals surface area contributed by atoms with Crippen LogP contribution >= 0.6 is 45.3 Å². The average molecular weight is 459 g/mol. The van der Waals surface area contributed by atoms with Gasteiger partial charge in [0.1, 0.15) is 0 Å². The van der Waals surface area contributed by atoms with E-state index in [2.05, 4.69) is 62.4 Å². The van der Waals surface area contributed by atoms with Crippen LogP contribution in [0.2, 0.25) is 0 Å². The summed E-state index contributed by atoms with van der Waals surface area (Å²) in [6.45, 7) is 4.41. The Labute approximate surface area is 192 Å². The summed E-state index contributed by atoms with van der Waals surface area (Å²) in [5.41, 5.74) is 9.05. The summed E-state index contributed by atoms with van der Waals surface area (Å²) in [5, 5.41) is 0. The van der Waals surface area contributed by atoms with Crippen molar-refractivity contribution in [3.63, 3.8) is 0 Å². The van der Waals surface area contributed by atoms with Gasteiger partial charge in [-0.2, -0.15) is 0 Å². The van der Waals surface area contributed by atoms with E-state index in [9.17, 15) is 0 Å². The molecule has 7 rings (SSSR count). The molecule has 5 aromatic rings. The summed E-state index contributed by atoms with van der Waals surface area (Å²) in [4.78, 5) is 11.4. The van der Waals surface area contributed by atoms with Gasteiger partial charge in [0.05, 0.1) is 0 Å². The molecule has 0 spiro atoms. The molecule has 0 bridgehead atoms. The third-order valence-electron chi connectivity index (χ3n) is 6.15. The lowest BCUT2D eigenvalue weighted by atomic mass is 10.0. The first-order valence-electron chi connectivity index (χ1n) is 10.2. The van der Waals surface area contributed by atoms with E-state index in [4.69, 9.17) is 0 Å².